The van der Waals surface area contributed by atoms with Gasteiger partial charge in [-0.05, 0) is 55.3 Å². The van der Waals surface area contributed by atoms with Crippen LogP contribution in [0.4, 0.5) is 13.2 Å². The van der Waals surface area contributed by atoms with Gasteiger partial charge in [0.2, 0.25) is 0 Å². The number of carbonyl (C=O) groups excluding carboxylic acids is 2. The molecule has 3 aromatic rings. The number of benzene rings is 2. The number of hydrogen-bond donors (Lipinski definition) is 0. The van der Waals surface area contributed by atoms with Crippen molar-refractivity contribution in [1.29, 1.82) is 0 Å². The van der Waals surface area contributed by atoms with Gasteiger partial charge < -0.3 is 18.9 Å². The minimum absolute atomic E-state index is 0.0114. The van der Waals surface area contributed by atoms with E-state index in [0.717, 1.165) is 4.57 Å². The minimum atomic E-state index is -5.04. The minimum Gasteiger partial charge on any atom is -0.493 e. The fourth-order valence-corrected chi connectivity index (χ4v) is 5.65. The fourth-order valence-electron chi connectivity index (χ4n) is 4.25. The molecule has 0 amide bonds. The Morgan fingerprint density at radius 3 is 2.37 bits per heavy atom. The lowest BCUT2D eigenvalue weighted by Gasteiger charge is -2.26. The number of aromatic nitrogens is 1. The summed E-state index contributed by atoms with van der Waals surface area (Å²) in [5.74, 6) is -1.71. The summed E-state index contributed by atoms with van der Waals surface area (Å²) in [7, 11) is 1.34. The summed E-state index contributed by atoms with van der Waals surface area (Å²) >= 11 is 13.1. The third-order valence-electron chi connectivity index (χ3n) is 5.97. The van der Waals surface area contributed by atoms with Crippen molar-refractivity contribution in [1.82, 2.24) is 4.57 Å². The molecule has 1 aliphatic heterocycles. The topological polar surface area (TPSA) is 105 Å². The van der Waals surface area contributed by atoms with Crippen molar-refractivity contribution in [2.24, 2.45) is 4.99 Å². The van der Waals surface area contributed by atoms with E-state index < -0.39 is 47.6 Å². The zero-order valence-corrected chi connectivity index (χ0v) is 25.1. The summed E-state index contributed by atoms with van der Waals surface area (Å²) in [6.07, 6.45) is -3.66. The van der Waals surface area contributed by atoms with E-state index >= 15 is 0 Å². The molecule has 228 valence electrons. The highest BCUT2D eigenvalue weighted by molar-refractivity contribution is 7.07. The Hall–Kier alpha value is -3.81. The molecule has 0 aliphatic carbocycles. The Labute approximate surface area is 256 Å². The van der Waals surface area contributed by atoms with Crippen LogP contribution in [0.1, 0.15) is 31.0 Å². The molecular weight excluding hydrogens is 636 g/mol. The van der Waals surface area contributed by atoms with Gasteiger partial charge in [0.15, 0.2) is 28.6 Å². The first-order valence-electron chi connectivity index (χ1n) is 12.6. The highest BCUT2D eigenvalue weighted by atomic mass is 35.5. The number of halogens is 5. The van der Waals surface area contributed by atoms with Crippen LogP contribution >= 0.6 is 34.5 Å². The van der Waals surface area contributed by atoms with Crippen LogP contribution in [-0.4, -0.2) is 49.6 Å². The quantitative estimate of drug-likeness (QED) is 0.310. The molecule has 4 rings (SSSR count). The number of methoxy groups -OCH3 is 1. The van der Waals surface area contributed by atoms with E-state index in [1.54, 1.807) is 6.92 Å². The molecular formula is C28H23Cl2F3N2O7S. The van der Waals surface area contributed by atoms with E-state index in [-0.39, 0.29) is 44.6 Å². The number of rotatable bonds is 9. The highest BCUT2D eigenvalue weighted by Gasteiger charge is 2.45. The molecule has 1 aliphatic rings. The predicted octanol–water partition coefficient (Wildman–Crippen LogP) is 4.60. The maximum atomic E-state index is 14.3. The predicted molar refractivity (Wildman–Crippen MR) is 152 cm³/mol. The molecule has 0 radical (unpaired) electrons. The molecule has 0 saturated carbocycles. The number of thiazole rings is 1. The first-order chi connectivity index (χ1) is 20.4. The van der Waals surface area contributed by atoms with Crippen LogP contribution in [0.5, 0.6) is 11.5 Å². The molecule has 1 atom stereocenters. The average Bonchev–Trinajstić information content (AvgIpc) is 3.26. The van der Waals surface area contributed by atoms with Crippen molar-refractivity contribution >= 4 is 52.6 Å². The molecule has 0 saturated heterocycles. The zero-order valence-electron chi connectivity index (χ0n) is 22.8. The number of ether oxygens (including phenoxy) is 4. The molecule has 15 heteroatoms. The lowest BCUT2D eigenvalue weighted by atomic mass is 9.95. The fraction of sp³-hybridized carbons (Fsp3) is 0.286. The Bertz CT molecular complexity index is 1770. The summed E-state index contributed by atoms with van der Waals surface area (Å²) in [4.78, 5) is 41.8. The summed E-state index contributed by atoms with van der Waals surface area (Å²) in [6, 6.07) is 7.08. The molecule has 1 aromatic heterocycles. The molecule has 0 spiro atoms. The van der Waals surface area contributed by atoms with Crippen LogP contribution in [0, 0.1) is 0 Å². The van der Waals surface area contributed by atoms with Gasteiger partial charge in [0.25, 0.3) is 5.56 Å². The van der Waals surface area contributed by atoms with Crippen molar-refractivity contribution in [2.75, 3.05) is 26.9 Å². The SMILES string of the molecule is CCOC(=O)COc1c(Cl)cc(/C=c2\sc3n(c2=O)[C@@H](c2ccc(Cl)cc2)C(C(=O)OCC)=C(C(F)(F)F)N=3)cc1OC. The van der Waals surface area contributed by atoms with Crippen molar-refractivity contribution in [3.63, 3.8) is 0 Å². The molecule has 0 unspecified atom stereocenters. The van der Waals surface area contributed by atoms with Gasteiger partial charge in [0, 0.05) is 5.02 Å². The average molecular weight is 659 g/mol. The van der Waals surface area contributed by atoms with Gasteiger partial charge in [-0.15, -0.1) is 0 Å². The molecule has 0 bridgehead atoms. The van der Waals surface area contributed by atoms with Crippen molar-refractivity contribution in [2.45, 2.75) is 26.1 Å². The number of alkyl halides is 3. The number of carbonyl (C=O) groups is 2. The third kappa shape index (κ3) is 6.89. The Morgan fingerprint density at radius 2 is 1.77 bits per heavy atom. The lowest BCUT2D eigenvalue weighted by Crippen LogP contribution is -2.41. The zero-order chi connectivity index (χ0) is 31.5. The van der Waals surface area contributed by atoms with Gasteiger partial charge in [-0.1, -0.05) is 46.7 Å². The summed E-state index contributed by atoms with van der Waals surface area (Å²) in [6.45, 7) is 2.62. The summed E-state index contributed by atoms with van der Waals surface area (Å²) < 4.78 is 64.4. The Balaban J connectivity index is 1.90. The smallest absolute Gasteiger partial charge is 0.434 e. The first kappa shape index (κ1) is 32.1. The van der Waals surface area contributed by atoms with Crippen LogP contribution in [0.15, 0.2) is 57.5 Å². The van der Waals surface area contributed by atoms with Gasteiger partial charge in [0.05, 0.1) is 41.5 Å². The highest BCUT2D eigenvalue weighted by Crippen LogP contribution is 2.39. The second kappa shape index (κ2) is 13.2. The van der Waals surface area contributed by atoms with Crippen LogP contribution in [0.2, 0.25) is 10.0 Å². The largest absolute Gasteiger partial charge is 0.493 e. The molecule has 43 heavy (non-hydrogen) atoms. The monoisotopic (exact) mass is 658 g/mol. The van der Waals surface area contributed by atoms with Crippen molar-refractivity contribution in [3.05, 3.63) is 88.5 Å². The van der Waals surface area contributed by atoms with Crippen LogP contribution in [0.25, 0.3) is 6.08 Å². The van der Waals surface area contributed by atoms with E-state index in [9.17, 15) is 27.6 Å². The number of fused-ring (bicyclic) bond motifs is 1. The first-order valence-corrected chi connectivity index (χ1v) is 14.2. The van der Waals surface area contributed by atoms with Gasteiger partial charge in [-0.3, -0.25) is 9.36 Å². The lowest BCUT2D eigenvalue weighted by molar-refractivity contribution is -0.145. The van der Waals surface area contributed by atoms with Crippen LogP contribution in [-0.2, 0) is 19.1 Å². The van der Waals surface area contributed by atoms with Gasteiger partial charge in [-0.2, -0.15) is 13.2 Å². The van der Waals surface area contributed by atoms with Crippen LogP contribution in [0.3, 0.4) is 0 Å². The van der Waals surface area contributed by atoms with E-state index in [4.69, 9.17) is 42.1 Å². The van der Waals surface area contributed by atoms with Crippen molar-refractivity contribution in [3.8, 4) is 11.5 Å². The second-order valence-electron chi connectivity index (χ2n) is 8.74. The maximum absolute atomic E-state index is 14.3. The van der Waals surface area contributed by atoms with Gasteiger partial charge in [-0.25, -0.2) is 14.6 Å². The van der Waals surface area contributed by atoms with E-state index in [1.165, 1.54) is 56.5 Å². The molecule has 9 nitrogen and oxygen atoms in total. The van der Waals surface area contributed by atoms with Crippen molar-refractivity contribution < 1.29 is 41.7 Å². The van der Waals surface area contributed by atoms with E-state index in [2.05, 4.69) is 4.99 Å². The van der Waals surface area contributed by atoms with E-state index in [0.29, 0.717) is 21.9 Å². The number of hydrogen-bond acceptors (Lipinski definition) is 9. The number of esters is 2. The standard InChI is InChI=1S/C28H23Cl2F3N2O7S/c1-4-40-20(36)13-42-23-17(30)10-14(11-18(23)39-3)12-19-25(37)35-22(15-6-8-16(29)9-7-15)21(26(38)41-5-2)24(28(31,32)33)34-27(35)43-19/h6-12,22H,4-5,13H2,1-3H3/b19-12-/t22-/m0/s1. The molecule has 0 fully saturated rings. The molecule has 2 aromatic carbocycles. The molecule has 0 N–H and O–H groups in total. The maximum Gasteiger partial charge on any atom is 0.434 e. The Kier molecular flexibility index (Phi) is 9.88. The number of nitrogens with zero attached hydrogens (tertiary/aromatic N) is 2. The van der Waals surface area contributed by atoms with Gasteiger partial charge in [0.1, 0.15) is 0 Å². The number of allylic oxidation sites excluding steroid dienone is 1. The normalized spacial score (nSPS) is 15.1. The molecule has 2 heterocycles. The second-order valence-corrected chi connectivity index (χ2v) is 10.6. The summed E-state index contributed by atoms with van der Waals surface area (Å²) in [5.41, 5.74) is -2.50. The third-order valence-corrected chi connectivity index (χ3v) is 7.49. The summed E-state index contributed by atoms with van der Waals surface area (Å²) in [5, 5.41) is 0.333. The van der Waals surface area contributed by atoms with Crippen LogP contribution < -0.4 is 24.4 Å². The van der Waals surface area contributed by atoms with E-state index in [1.807, 2.05) is 0 Å². The van der Waals surface area contributed by atoms with Gasteiger partial charge >= 0.3 is 18.1 Å². The Morgan fingerprint density at radius 1 is 1.09 bits per heavy atom.